The fourth-order valence-corrected chi connectivity index (χ4v) is 3.69. The monoisotopic (exact) mass is 377 g/mol. The molecule has 0 bridgehead atoms. The van der Waals surface area contributed by atoms with Crippen molar-refractivity contribution < 1.29 is 14.6 Å². The van der Waals surface area contributed by atoms with Crippen molar-refractivity contribution in [2.75, 3.05) is 14.2 Å². The topological polar surface area (TPSA) is 51.5 Å². The van der Waals surface area contributed by atoms with Crippen LogP contribution in [0, 0.1) is 6.92 Å². The van der Waals surface area contributed by atoms with Crippen molar-refractivity contribution in [3.8, 4) is 5.75 Å². The van der Waals surface area contributed by atoms with Crippen LogP contribution in [-0.4, -0.2) is 29.6 Å². The van der Waals surface area contributed by atoms with E-state index < -0.39 is 0 Å². The number of hydrogen-bond donors (Lipinski definition) is 1. The third kappa shape index (κ3) is 4.18. The zero-order chi connectivity index (χ0) is 18.4. The number of benzene rings is 2. The van der Waals surface area contributed by atoms with Gasteiger partial charge in [0.1, 0.15) is 5.75 Å². The van der Waals surface area contributed by atoms with E-state index in [0.29, 0.717) is 17.2 Å². The van der Waals surface area contributed by atoms with Crippen molar-refractivity contribution in [1.29, 1.82) is 0 Å². The van der Waals surface area contributed by atoms with Gasteiger partial charge in [0, 0.05) is 29.2 Å². The minimum absolute atomic E-state index is 0.395. The van der Waals surface area contributed by atoms with Gasteiger partial charge in [-0.3, -0.25) is 8.77 Å². The molecule has 0 unspecified atom stereocenters. The van der Waals surface area contributed by atoms with Crippen molar-refractivity contribution in [1.82, 2.24) is 3.97 Å². The Hall–Kier alpha value is -1.95. The highest BCUT2D eigenvalue weighted by atomic mass is 35.5. The number of rotatable bonds is 5. The summed E-state index contributed by atoms with van der Waals surface area (Å²) in [4.78, 5) is 12.3. The number of hydrogen-bond acceptors (Lipinski definition) is 4. The number of aliphatic hydroxyl groups is 1. The molecular formula is C19H20ClNO3S. The second kappa shape index (κ2) is 8.94. The molecule has 0 amide bonds. The summed E-state index contributed by atoms with van der Waals surface area (Å²) in [7, 11) is 2.57. The Balaban J connectivity index is 0.00000109. The summed E-state index contributed by atoms with van der Waals surface area (Å²) >= 11 is 7.71. The minimum Gasteiger partial charge on any atom is -0.496 e. The van der Waals surface area contributed by atoms with Crippen LogP contribution in [0.3, 0.4) is 0 Å². The van der Waals surface area contributed by atoms with E-state index in [0.717, 1.165) is 34.9 Å². The van der Waals surface area contributed by atoms with Crippen LogP contribution in [0.15, 0.2) is 47.4 Å². The van der Waals surface area contributed by atoms with E-state index in [9.17, 15) is 4.79 Å². The fourth-order valence-electron chi connectivity index (χ4n) is 2.46. The van der Waals surface area contributed by atoms with Gasteiger partial charge in [0.05, 0.1) is 24.1 Å². The third-order valence-corrected chi connectivity index (χ3v) is 5.03. The number of fused-ring (bicyclic) bond motifs is 1. The second-order valence-electron chi connectivity index (χ2n) is 5.24. The van der Waals surface area contributed by atoms with Gasteiger partial charge in [-0.15, -0.1) is 11.6 Å². The van der Waals surface area contributed by atoms with Gasteiger partial charge >= 0.3 is 0 Å². The highest BCUT2D eigenvalue weighted by molar-refractivity contribution is 7.98. The Morgan fingerprint density at radius 2 is 1.88 bits per heavy atom. The first-order valence-corrected chi connectivity index (χ1v) is 8.90. The van der Waals surface area contributed by atoms with E-state index in [2.05, 4.69) is 35.2 Å². The number of carbonyl (C=O) groups is 1. The number of halogens is 1. The van der Waals surface area contributed by atoms with Crippen molar-refractivity contribution in [3.05, 3.63) is 59.3 Å². The molecule has 0 saturated carbocycles. The minimum atomic E-state index is 0.395. The average molecular weight is 378 g/mol. The Labute approximate surface area is 156 Å². The predicted octanol–water partition coefficient (Wildman–Crippen LogP) is 4.67. The number of aromatic nitrogens is 1. The molecule has 1 aromatic heterocycles. The van der Waals surface area contributed by atoms with Crippen molar-refractivity contribution >= 4 is 40.7 Å². The second-order valence-corrected chi connectivity index (χ2v) is 6.53. The highest BCUT2D eigenvalue weighted by Gasteiger charge is 2.13. The molecule has 0 saturated heterocycles. The van der Waals surface area contributed by atoms with Crippen LogP contribution in [0.2, 0.25) is 0 Å². The quantitative estimate of drug-likeness (QED) is 0.518. The van der Waals surface area contributed by atoms with E-state index in [1.807, 2.05) is 18.2 Å². The number of aldehydes is 1. The Morgan fingerprint density at radius 1 is 1.20 bits per heavy atom. The lowest BCUT2D eigenvalue weighted by Crippen LogP contribution is -1.94. The van der Waals surface area contributed by atoms with Gasteiger partial charge in [0.25, 0.3) is 0 Å². The van der Waals surface area contributed by atoms with Crippen LogP contribution in [0.25, 0.3) is 10.9 Å². The van der Waals surface area contributed by atoms with Crippen LogP contribution in [0.1, 0.15) is 21.6 Å². The van der Waals surface area contributed by atoms with E-state index in [1.54, 1.807) is 19.1 Å². The van der Waals surface area contributed by atoms with Crippen LogP contribution >= 0.6 is 23.5 Å². The van der Waals surface area contributed by atoms with Gasteiger partial charge in [0.2, 0.25) is 0 Å². The van der Waals surface area contributed by atoms with E-state index in [4.69, 9.17) is 21.4 Å². The van der Waals surface area contributed by atoms with Gasteiger partial charge < -0.3 is 9.84 Å². The number of nitrogens with zero attached hydrogens (tertiary/aromatic N) is 1. The van der Waals surface area contributed by atoms with Gasteiger partial charge in [-0.2, -0.15) is 0 Å². The molecule has 0 fully saturated rings. The summed E-state index contributed by atoms with van der Waals surface area (Å²) < 4.78 is 7.41. The number of aliphatic hydroxyl groups excluding tert-OH is 1. The molecule has 0 radical (unpaired) electrons. The van der Waals surface area contributed by atoms with Crippen LogP contribution in [0.4, 0.5) is 0 Å². The summed E-state index contributed by atoms with van der Waals surface area (Å²) in [5.41, 5.74) is 3.73. The summed E-state index contributed by atoms with van der Waals surface area (Å²) in [6, 6.07) is 14.1. The third-order valence-electron chi connectivity index (χ3n) is 3.66. The number of carbonyl (C=O) groups excluding carboxylic acids is 1. The molecule has 3 aromatic rings. The zero-order valence-corrected chi connectivity index (χ0v) is 15.9. The van der Waals surface area contributed by atoms with Gasteiger partial charge in [-0.05, 0) is 43.1 Å². The molecule has 4 nitrogen and oxygen atoms in total. The molecule has 25 heavy (non-hydrogen) atoms. The van der Waals surface area contributed by atoms with Crippen molar-refractivity contribution in [3.63, 3.8) is 0 Å². The zero-order valence-electron chi connectivity index (χ0n) is 14.3. The molecular weight excluding hydrogens is 358 g/mol. The SMILES string of the molecule is CO.COc1cc2c(cc1C=O)cc(CCl)n2Sc1ccc(C)cc1. The first-order valence-electron chi connectivity index (χ1n) is 7.59. The highest BCUT2D eigenvalue weighted by Crippen LogP contribution is 2.34. The summed E-state index contributed by atoms with van der Waals surface area (Å²) in [5, 5.41) is 7.98. The predicted molar refractivity (Wildman–Crippen MR) is 104 cm³/mol. The molecule has 0 aliphatic heterocycles. The lowest BCUT2D eigenvalue weighted by Gasteiger charge is -2.10. The first-order chi connectivity index (χ1) is 12.2. The lowest BCUT2D eigenvalue weighted by atomic mass is 10.1. The van der Waals surface area contributed by atoms with Crippen LogP contribution in [-0.2, 0) is 5.88 Å². The summed E-state index contributed by atoms with van der Waals surface area (Å²) in [6.07, 6.45) is 0.809. The molecule has 1 N–H and O–H groups in total. The van der Waals surface area contributed by atoms with Crippen LogP contribution in [0.5, 0.6) is 5.75 Å². The largest absolute Gasteiger partial charge is 0.496 e. The molecule has 3 rings (SSSR count). The smallest absolute Gasteiger partial charge is 0.153 e. The summed E-state index contributed by atoms with van der Waals surface area (Å²) in [5.74, 6) is 0.962. The Kier molecular flexibility index (Phi) is 6.93. The lowest BCUT2D eigenvalue weighted by molar-refractivity contribution is 0.112. The molecule has 0 atom stereocenters. The van der Waals surface area contributed by atoms with Crippen molar-refractivity contribution in [2.45, 2.75) is 17.7 Å². The maximum Gasteiger partial charge on any atom is 0.153 e. The molecule has 1 heterocycles. The normalized spacial score (nSPS) is 10.3. The molecule has 2 aromatic carbocycles. The van der Waals surface area contributed by atoms with E-state index in [1.165, 1.54) is 5.56 Å². The first kappa shape index (κ1) is 19.4. The van der Waals surface area contributed by atoms with Gasteiger partial charge in [0.15, 0.2) is 6.29 Å². The fraction of sp³-hybridized carbons (Fsp3) is 0.211. The maximum absolute atomic E-state index is 11.2. The molecule has 0 aliphatic carbocycles. The van der Waals surface area contributed by atoms with Gasteiger partial charge in [-0.1, -0.05) is 17.7 Å². The molecule has 0 spiro atoms. The number of alkyl halides is 1. The molecule has 0 aliphatic rings. The Morgan fingerprint density at radius 3 is 2.44 bits per heavy atom. The molecule has 132 valence electrons. The van der Waals surface area contributed by atoms with Gasteiger partial charge in [-0.25, -0.2) is 0 Å². The standard InChI is InChI=1S/C18H16ClNO2S.CH4O/c1-12-3-5-16(6-4-12)23-20-15(10-19)8-13-7-14(11-21)18(22-2)9-17(13)20;1-2/h3-9,11H,10H2,1-2H3;2H,1H3. The number of aryl methyl sites for hydroxylation is 1. The molecule has 6 heteroatoms. The van der Waals surface area contributed by atoms with E-state index >= 15 is 0 Å². The maximum atomic E-state index is 11.2. The average Bonchev–Trinajstić information content (AvgIpc) is 3.00. The summed E-state index contributed by atoms with van der Waals surface area (Å²) in [6.45, 7) is 2.06. The number of ether oxygens (including phenoxy) is 1. The Bertz CT molecular complexity index is 859. The van der Waals surface area contributed by atoms with Crippen LogP contribution < -0.4 is 4.74 Å². The number of methoxy groups -OCH3 is 1. The van der Waals surface area contributed by atoms with E-state index in [-0.39, 0.29) is 0 Å². The van der Waals surface area contributed by atoms with Crippen molar-refractivity contribution in [2.24, 2.45) is 0 Å².